The number of rotatable bonds is 7. The van der Waals surface area contributed by atoms with Crippen LogP contribution in [0.1, 0.15) is 17.3 Å². The average molecular weight is 339 g/mol. The number of nitrogens with zero attached hydrogens (tertiary/aromatic N) is 3. The number of hydrogen-bond acceptors (Lipinski definition) is 5. The van der Waals surface area contributed by atoms with Gasteiger partial charge in [-0.25, -0.2) is 0 Å². The molecule has 0 saturated heterocycles. The molecule has 0 atom stereocenters. The smallest absolute Gasteiger partial charge is 0.387 e. The van der Waals surface area contributed by atoms with Crippen molar-refractivity contribution in [2.75, 3.05) is 13.6 Å². The monoisotopic (exact) mass is 339 g/mol. The molecule has 0 aliphatic rings. The van der Waals surface area contributed by atoms with Crippen LogP contribution in [0.2, 0.25) is 0 Å². The van der Waals surface area contributed by atoms with Crippen LogP contribution in [0.5, 0.6) is 5.75 Å². The molecule has 24 heavy (non-hydrogen) atoms. The number of aliphatic imine (C=N–C) groups is 1. The molecule has 0 radical (unpaired) electrons. The molecular weight excluding hydrogens is 320 g/mol. The molecule has 1 aromatic carbocycles. The zero-order chi connectivity index (χ0) is 17.4. The number of alkyl halides is 2. The molecule has 0 saturated carbocycles. The van der Waals surface area contributed by atoms with E-state index in [1.54, 1.807) is 32.2 Å². The summed E-state index contributed by atoms with van der Waals surface area (Å²) >= 11 is 0. The predicted molar refractivity (Wildman–Crippen MR) is 84.0 cm³/mol. The fraction of sp³-hybridized carbons (Fsp3) is 0.400. The van der Waals surface area contributed by atoms with Gasteiger partial charge in [0.25, 0.3) is 0 Å². The molecule has 2 rings (SSSR count). The largest absolute Gasteiger partial charge is 0.434 e. The molecule has 1 aromatic heterocycles. The molecule has 0 fully saturated rings. The molecule has 0 unspecified atom stereocenters. The number of halogens is 2. The van der Waals surface area contributed by atoms with Crippen molar-refractivity contribution in [3.05, 3.63) is 41.5 Å². The van der Waals surface area contributed by atoms with E-state index in [1.165, 1.54) is 6.07 Å². The van der Waals surface area contributed by atoms with Crippen molar-refractivity contribution in [2.24, 2.45) is 4.99 Å². The molecule has 9 heteroatoms. The number of hydrogen-bond donors (Lipinski definition) is 2. The summed E-state index contributed by atoms with van der Waals surface area (Å²) in [6.07, 6.45) is 0.548. The van der Waals surface area contributed by atoms with Gasteiger partial charge < -0.3 is 19.9 Å². The quantitative estimate of drug-likeness (QED) is 0.592. The molecule has 0 aliphatic heterocycles. The van der Waals surface area contributed by atoms with E-state index in [-0.39, 0.29) is 5.75 Å². The van der Waals surface area contributed by atoms with Crippen molar-refractivity contribution in [1.29, 1.82) is 0 Å². The Bertz CT molecular complexity index is 675. The summed E-state index contributed by atoms with van der Waals surface area (Å²) in [5.74, 6) is 1.78. The number of guanidine groups is 1. The fourth-order valence-electron chi connectivity index (χ4n) is 1.99. The first-order valence-corrected chi connectivity index (χ1v) is 7.35. The topological polar surface area (TPSA) is 84.6 Å². The van der Waals surface area contributed by atoms with Crippen LogP contribution in [0.3, 0.4) is 0 Å². The molecule has 7 nitrogen and oxygen atoms in total. The van der Waals surface area contributed by atoms with Crippen molar-refractivity contribution in [2.45, 2.75) is 26.5 Å². The Hall–Kier alpha value is -2.71. The van der Waals surface area contributed by atoms with Crippen LogP contribution in [0.15, 0.2) is 33.8 Å². The Morgan fingerprint density at radius 2 is 2.12 bits per heavy atom. The van der Waals surface area contributed by atoms with E-state index in [2.05, 4.69) is 30.5 Å². The molecule has 1 heterocycles. The molecule has 0 bridgehead atoms. The van der Waals surface area contributed by atoms with Gasteiger partial charge in [-0.05, 0) is 13.0 Å². The predicted octanol–water partition coefficient (Wildman–Crippen LogP) is 1.89. The van der Waals surface area contributed by atoms with E-state index in [0.717, 1.165) is 0 Å². The summed E-state index contributed by atoms with van der Waals surface area (Å²) in [6.45, 7) is -0.278. The minimum atomic E-state index is -2.86. The molecular formula is C15H19F2N5O2. The summed E-state index contributed by atoms with van der Waals surface area (Å²) in [7, 11) is 1.62. The molecule has 2 aromatic rings. The number of aromatic nitrogens is 2. The van der Waals surface area contributed by atoms with E-state index in [1.807, 2.05) is 0 Å². The van der Waals surface area contributed by atoms with Crippen molar-refractivity contribution in [3.8, 4) is 5.75 Å². The second-order valence-corrected chi connectivity index (χ2v) is 4.82. The third-order valence-electron chi connectivity index (χ3n) is 3.06. The van der Waals surface area contributed by atoms with E-state index in [0.29, 0.717) is 42.7 Å². The van der Waals surface area contributed by atoms with Gasteiger partial charge in [-0.15, -0.1) is 0 Å². The van der Waals surface area contributed by atoms with Crippen LogP contribution in [0.4, 0.5) is 8.78 Å². The Balaban J connectivity index is 1.83. The first-order valence-electron chi connectivity index (χ1n) is 7.35. The van der Waals surface area contributed by atoms with E-state index < -0.39 is 6.61 Å². The van der Waals surface area contributed by atoms with E-state index in [4.69, 9.17) is 4.52 Å². The zero-order valence-electron chi connectivity index (χ0n) is 13.4. The molecule has 0 amide bonds. The highest BCUT2D eigenvalue weighted by molar-refractivity contribution is 5.79. The van der Waals surface area contributed by atoms with Gasteiger partial charge in [0.2, 0.25) is 5.89 Å². The Kier molecular flexibility index (Phi) is 6.47. The normalized spacial score (nSPS) is 11.6. The highest BCUT2D eigenvalue weighted by Crippen LogP contribution is 2.19. The minimum absolute atomic E-state index is 0.136. The van der Waals surface area contributed by atoms with Crippen LogP contribution >= 0.6 is 0 Å². The lowest BCUT2D eigenvalue weighted by Gasteiger charge is -2.14. The summed E-state index contributed by atoms with van der Waals surface area (Å²) < 4.78 is 34.3. The second-order valence-electron chi connectivity index (χ2n) is 4.82. The zero-order valence-corrected chi connectivity index (χ0v) is 13.4. The molecule has 2 N–H and O–H groups in total. The highest BCUT2D eigenvalue weighted by Gasteiger charge is 2.09. The van der Waals surface area contributed by atoms with E-state index in [9.17, 15) is 8.78 Å². The maximum atomic E-state index is 12.4. The van der Waals surface area contributed by atoms with Crippen molar-refractivity contribution < 1.29 is 18.0 Å². The summed E-state index contributed by atoms with van der Waals surface area (Å²) in [4.78, 5) is 8.17. The number of ether oxygens (including phenoxy) is 1. The number of para-hydroxylation sites is 1. The Labute approximate surface area is 138 Å². The first kappa shape index (κ1) is 17.6. The van der Waals surface area contributed by atoms with Crippen LogP contribution in [-0.2, 0) is 13.0 Å². The third kappa shape index (κ3) is 5.49. The van der Waals surface area contributed by atoms with Crippen molar-refractivity contribution in [1.82, 2.24) is 20.8 Å². The van der Waals surface area contributed by atoms with Crippen LogP contribution in [0.25, 0.3) is 0 Å². The van der Waals surface area contributed by atoms with Crippen LogP contribution in [-0.4, -0.2) is 36.3 Å². The van der Waals surface area contributed by atoms with Crippen molar-refractivity contribution in [3.63, 3.8) is 0 Å². The van der Waals surface area contributed by atoms with Gasteiger partial charge in [0.15, 0.2) is 11.8 Å². The third-order valence-corrected chi connectivity index (χ3v) is 3.06. The SMILES string of the molecule is CN=C(NCCc1nc(C)no1)NCc1ccccc1OC(F)F. The van der Waals surface area contributed by atoms with Gasteiger partial charge in [-0.1, -0.05) is 23.4 Å². The maximum absolute atomic E-state index is 12.4. The lowest BCUT2D eigenvalue weighted by atomic mass is 10.2. The van der Waals surface area contributed by atoms with Gasteiger partial charge in [0.05, 0.1) is 0 Å². The lowest BCUT2D eigenvalue weighted by Crippen LogP contribution is -2.38. The minimum Gasteiger partial charge on any atom is -0.434 e. The molecule has 0 aliphatic carbocycles. The van der Waals surface area contributed by atoms with Gasteiger partial charge in [-0.3, -0.25) is 4.99 Å². The molecule has 130 valence electrons. The van der Waals surface area contributed by atoms with E-state index >= 15 is 0 Å². The average Bonchev–Trinajstić information content (AvgIpc) is 2.97. The molecule has 0 spiro atoms. The number of aryl methyl sites for hydroxylation is 1. The van der Waals surface area contributed by atoms with Gasteiger partial charge >= 0.3 is 6.61 Å². The van der Waals surface area contributed by atoms with Crippen LogP contribution in [0, 0.1) is 6.92 Å². The maximum Gasteiger partial charge on any atom is 0.387 e. The second kappa shape index (κ2) is 8.80. The van der Waals surface area contributed by atoms with Gasteiger partial charge in [-0.2, -0.15) is 13.8 Å². The summed E-state index contributed by atoms with van der Waals surface area (Å²) in [5.41, 5.74) is 0.605. The Morgan fingerprint density at radius 1 is 1.33 bits per heavy atom. The lowest BCUT2D eigenvalue weighted by molar-refractivity contribution is -0.0504. The Morgan fingerprint density at radius 3 is 2.79 bits per heavy atom. The first-order chi connectivity index (χ1) is 11.6. The van der Waals surface area contributed by atoms with Crippen LogP contribution < -0.4 is 15.4 Å². The standard InChI is InChI=1S/C15H19F2N5O2/c1-10-21-13(24-22-10)7-8-19-15(18-2)20-9-11-5-3-4-6-12(11)23-14(16)17/h3-6,14H,7-9H2,1-2H3,(H2,18,19,20). The summed E-state index contributed by atoms with van der Waals surface area (Å²) in [6, 6.07) is 6.60. The number of benzene rings is 1. The van der Waals surface area contributed by atoms with Gasteiger partial charge in [0.1, 0.15) is 5.75 Å². The van der Waals surface area contributed by atoms with Crippen molar-refractivity contribution >= 4 is 5.96 Å². The number of nitrogens with one attached hydrogen (secondary N) is 2. The van der Waals surface area contributed by atoms with Gasteiger partial charge in [0, 0.05) is 32.1 Å². The fourth-order valence-corrected chi connectivity index (χ4v) is 1.99. The summed E-state index contributed by atoms with van der Waals surface area (Å²) in [5, 5.41) is 9.83. The highest BCUT2D eigenvalue weighted by atomic mass is 19.3.